The molecule has 0 aromatic heterocycles. The maximum atomic E-state index is 12.6. The lowest BCUT2D eigenvalue weighted by Gasteiger charge is -1.95. The van der Waals surface area contributed by atoms with Gasteiger partial charge < -0.3 is 0 Å². The van der Waals surface area contributed by atoms with Crippen LogP contribution in [0.25, 0.3) is 0 Å². The number of halogens is 3. The highest BCUT2D eigenvalue weighted by Gasteiger charge is 1.98. The minimum absolute atomic E-state index is 0.133. The van der Waals surface area contributed by atoms with E-state index in [9.17, 15) is 4.39 Å². The van der Waals surface area contributed by atoms with E-state index in [-0.39, 0.29) is 5.02 Å². The van der Waals surface area contributed by atoms with E-state index in [4.69, 9.17) is 23.2 Å². The van der Waals surface area contributed by atoms with Gasteiger partial charge >= 0.3 is 0 Å². The number of hydrogen-bond acceptors (Lipinski definition) is 0. The molecule has 1 aromatic carbocycles. The summed E-state index contributed by atoms with van der Waals surface area (Å²) < 4.78 is 12.6. The van der Waals surface area contributed by atoms with Gasteiger partial charge in [0, 0.05) is 5.88 Å². The Labute approximate surface area is 68.6 Å². The molecule has 0 spiro atoms. The number of hydrogen-bond donors (Lipinski definition) is 0. The molecule has 0 atom stereocenters. The zero-order valence-electron chi connectivity index (χ0n) is 5.07. The van der Waals surface area contributed by atoms with E-state index in [0.29, 0.717) is 5.88 Å². The lowest BCUT2D eigenvalue weighted by molar-refractivity contribution is 0.627. The average molecular weight is 179 g/mol. The van der Waals surface area contributed by atoms with Crippen LogP contribution in [0, 0.1) is 5.82 Å². The van der Waals surface area contributed by atoms with Crippen molar-refractivity contribution in [2.45, 2.75) is 5.88 Å². The van der Waals surface area contributed by atoms with Crippen molar-refractivity contribution < 1.29 is 4.39 Å². The van der Waals surface area contributed by atoms with E-state index in [2.05, 4.69) is 0 Å². The predicted octanol–water partition coefficient (Wildman–Crippen LogP) is 3.22. The van der Waals surface area contributed by atoms with Crippen molar-refractivity contribution in [1.29, 1.82) is 0 Å². The summed E-state index contributed by atoms with van der Waals surface area (Å²) in [6.45, 7) is 0. The van der Waals surface area contributed by atoms with Crippen LogP contribution in [0.2, 0.25) is 5.02 Å². The van der Waals surface area contributed by atoms with Crippen LogP contribution in [-0.2, 0) is 5.88 Å². The number of rotatable bonds is 1. The van der Waals surface area contributed by atoms with E-state index < -0.39 is 5.82 Å². The minimum atomic E-state index is -0.417. The van der Waals surface area contributed by atoms with Gasteiger partial charge in [-0.15, -0.1) is 11.6 Å². The monoisotopic (exact) mass is 178 g/mol. The van der Waals surface area contributed by atoms with E-state index in [1.54, 1.807) is 6.07 Å². The lowest BCUT2D eigenvalue weighted by Crippen LogP contribution is -1.80. The smallest absolute Gasteiger partial charge is 0.142 e. The van der Waals surface area contributed by atoms with Crippen LogP contribution in [0.15, 0.2) is 18.2 Å². The molecule has 0 bridgehead atoms. The summed E-state index contributed by atoms with van der Waals surface area (Å²) in [5.41, 5.74) is 0.739. The first kappa shape index (κ1) is 7.83. The summed E-state index contributed by atoms with van der Waals surface area (Å²) >= 11 is 10.9. The first-order valence-electron chi connectivity index (χ1n) is 2.74. The maximum Gasteiger partial charge on any atom is 0.142 e. The lowest BCUT2D eigenvalue weighted by atomic mass is 10.2. The van der Waals surface area contributed by atoms with Crippen molar-refractivity contribution in [3.05, 3.63) is 34.6 Å². The third-order valence-electron chi connectivity index (χ3n) is 1.14. The Morgan fingerprint density at radius 1 is 1.40 bits per heavy atom. The molecule has 0 nitrogen and oxygen atoms in total. The van der Waals surface area contributed by atoms with Crippen LogP contribution >= 0.6 is 23.2 Å². The topological polar surface area (TPSA) is 0 Å². The van der Waals surface area contributed by atoms with Crippen LogP contribution in [0.5, 0.6) is 0 Å². The molecule has 0 radical (unpaired) electrons. The molecule has 0 N–H and O–H groups in total. The van der Waals surface area contributed by atoms with Crippen LogP contribution in [0.1, 0.15) is 5.56 Å². The zero-order chi connectivity index (χ0) is 7.56. The Morgan fingerprint density at radius 3 is 2.60 bits per heavy atom. The Kier molecular flexibility index (Phi) is 2.52. The standard InChI is InChI=1S/C7H5Cl2F/c8-4-5-1-2-6(9)7(10)3-5/h1-3H,4H2. The molecular formula is C7H5Cl2F. The molecule has 3 heteroatoms. The number of alkyl halides is 1. The maximum absolute atomic E-state index is 12.6. The molecule has 0 aliphatic rings. The third-order valence-corrected chi connectivity index (χ3v) is 1.75. The Hall–Kier alpha value is -0.270. The summed E-state index contributed by atoms with van der Waals surface area (Å²) in [6, 6.07) is 4.52. The quantitative estimate of drug-likeness (QED) is 0.580. The minimum Gasteiger partial charge on any atom is -0.205 e. The van der Waals surface area contributed by atoms with Crippen LogP contribution in [-0.4, -0.2) is 0 Å². The van der Waals surface area contributed by atoms with Gasteiger partial charge in [0.1, 0.15) is 5.82 Å². The fourth-order valence-corrected chi connectivity index (χ4v) is 0.907. The highest BCUT2D eigenvalue weighted by molar-refractivity contribution is 6.30. The molecule has 0 amide bonds. The first-order valence-corrected chi connectivity index (χ1v) is 3.65. The van der Waals surface area contributed by atoms with Gasteiger partial charge in [-0.25, -0.2) is 4.39 Å². The van der Waals surface area contributed by atoms with Crippen molar-refractivity contribution in [1.82, 2.24) is 0 Å². The summed E-state index contributed by atoms with van der Waals surface area (Å²) in [5, 5.41) is 0.133. The van der Waals surface area contributed by atoms with Gasteiger partial charge in [0.05, 0.1) is 5.02 Å². The van der Waals surface area contributed by atoms with Crippen molar-refractivity contribution in [3.8, 4) is 0 Å². The molecule has 1 aromatic rings. The van der Waals surface area contributed by atoms with Gasteiger partial charge in [-0.1, -0.05) is 17.7 Å². The molecule has 0 saturated heterocycles. The van der Waals surface area contributed by atoms with Crippen LogP contribution in [0.4, 0.5) is 4.39 Å². The second kappa shape index (κ2) is 3.22. The van der Waals surface area contributed by atoms with E-state index >= 15 is 0 Å². The van der Waals surface area contributed by atoms with Crippen LogP contribution in [0.3, 0.4) is 0 Å². The fourth-order valence-electron chi connectivity index (χ4n) is 0.623. The highest BCUT2D eigenvalue weighted by atomic mass is 35.5. The summed E-state index contributed by atoms with van der Waals surface area (Å²) in [7, 11) is 0. The fraction of sp³-hybridized carbons (Fsp3) is 0.143. The second-order valence-corrected chi connectivity index (χ2v) is 2.56. The van der Waals surface area contributed by atoms with Gasteiger partial charge in [0.25, 0.3) is 0 Å². The van der Waals surface area contributed by atoms with Crippen LogP contribution < -0.4 is 0 Å². The molecule has 1 rings (SSSR count). The Morgan fingerprint density at radius 2 is 2.10 bits per heavy atom. The van der Waals surface area contributed by atoms with Gasteiger partial charge in [0.2, 0.25) is 0 Å². The molecule has 0 aliphatic carbocycles. The van der Waals surface area contributed by atoms with E-state index in [1.807, 2.05) is 0 Å². The normalized spacial score (nSPS) is 9.90. The number of benzene rings is 1. The summed E-state index contributed by atoms with van der Waals surface area (Å²) in [5.74, 6) is -0.103. The predicted molar refractivity (Wildman–Crippen MR) is 41.0 cm³/mol. The molecule has 0 unspecified atom stereocenters. The second-order valence-electron chi connectivity index (χ2n) is 1.88. The van der Waals surface area contributed by atoms with Gasteiger partial charge in [-0.2, -0.15) is 0 Å². The molecule has 10 heavy (non-hydrogen) atoms. The first-order chi connectivity index (χ1) is 4.74. The zero-order valence-corrected chi connectivity index (χ0v) is 6.58. The van der Waals surface area contributed by atoms with E-state index in [0.717, 1.165) is 5.56 Å². The van der Waals surface area contributed by atoms with Crippen molar-refractivity contribution in [3.63, 3.8) is 0 Å². The SMILES string of the molecule is Fc1cc(CCl)ccc1Cl. The van der Waals surface area contributed by atoms with Gasteiger partial charge in [-0.3, -0.25) is 0 Å². The third kappa shape index (κ3) is 1.61. The molecule has 0 fully saturated rings. The van der Waals surface area contributed by atoms with E-state index in [1.165, 1.54) is 12.1 Å². The van der Waals surface area contributed by atoms with Gasteiger partial charge in [-0.05, 0) is 17.7 Å². The molecule has 0 heterocycles. The summed E-state index contributed by atoms with van der Waals surface area (Å²) in [6.07, 6.45) is 0. The van der Waals surface area contributed by atoms with Gasteiger partial charge in [0.15, 0.2) is 0 Å². The molecular weight excluding hydrogens is 174 g/mol. The molecule has 0 aliphatic heterocycles. The average Bonchev–Trinajstić information content (AvgIpc) is 1.95. The largest absolute Gasteiger partial charge is 0.205 e. The molecule has 54 valence electrons. The van der Waals surface area contributed by atoms with Crippen molar-refractivity contribution >= 4 is 23.2 Å². The molecule has 0 saturated carbocycles. The van der Waals surface area contributed by atoms with Crippen molar-refractivity contribution in [2.75, 3.05) is 0 Å². The Bertz CT molecular complexity index is 235. The van der Waals surface area contributed by atoms with Crippen molar-refractivity contribution in [2.24, 2.45) is 0 Å². The Balaban J connectivity index is 3.04. The highest BCUT2D eigenvalue weighted by Crippen LogP contribution is 2.16. The summed E-state index contributed by atoms with van der Waals surface area (Å²) in [4.78, 5) is 0.